The molecule has 2 aromatic rings. The van der Waals surface area contributed by atoms with Crippen LogP contribution in [0.5, 0.6) is 11.5 Å². The summed E-state index contributed by atoms with van der Waals surface area (Å²) >= 11 is 0. The van der Waals surface area contributed by atoms with Crippen molar-refractivity contribution >= 4 is 12.4 Å². The Bertz CT molecular complexity index is 862. The van der Waals surface area contributed by atoms with Crippen LogP contribution in [0.3, 0.4) is 0 Å². The lowest BCUT2D eigenvalue weighted by Gasteiger charge is -2.30. The second kappa shape index (κ2) is 10.8. The fraction of sp³-hybridized carbons (Fsp3) is 0.417. The lowest BCUT2D eigenvalue weighted by atomic mass is 9.92. The van der Waals surface area contributed by atoms with Crippen molar-refractivity contribution in [1.29, 1.82) is 0 Å². The Kier molecular flexibility index (Phi) is 8.45. The zero-order chi connectivity index (χ0) is 22.9. The predicted molar refractivity (Wildman–Crippen MR) is 118 cm³/mol. The van der Waals surface area contributed by atoms with E-state index in [1.807, 2.05) is 36.4 Å². The van der Waals surface area contributed by atoms with E-state index in [4.69, 9.17) is 18.9 Å². The Morgan fingerprint density at radius 1 is 1.00 bits per heavy atom. The number of carbonyl (C=O) groups is 2. The predicted octanol–water partition coefficient (Wildman–Crippen LogP) is 3.93. The number of carbonyl (C=O) groups excluding carboxylic acids is 2. The molecule has 0 heterocycles. The van der Waals surface area contributed by atoms with E-state index in [0.717, 1.165) is 11.1 Å². The van der Waals surface area contributed by atoms with Gasteiger partial charge in [0.2, 0.25) is 0 Å². The SMILES string of the molecule is COCC(C=O)(Cc1ccc(OC)c(OCc2ccccc2)c1)NC(=O)OC(C)(C)C. The Balaban J connectivity index is 2.23. The van der Waals surface area contributed by atoms with Crippen LogP contribution in [0.2, 0.25) is 0 Å². The number of aldehydes is 1. The van der Waals surface area contributed by atoms with Crippen LogP contribution in [0.1, 0.15) is 31.9 Å². The minimum atomic E-state index is -1.29. The first-order valence-corrected chi connectivity index (χ1v) is 10.0. The Morgan fingerprint density at radius 3 is 2.29 bits per heavy atom. The van der Waals surface area contributed by atoms with Crippen LogP contribution in [0.25, 0.3) is 0 Å². The van der Waals surface area contributed by atoms with E-state index < -0.39 is 17.2 Å². The van der Waals surface area contributed by atoms with Crippen molar-refractivity contribution in [1.82, 2.24) is 5.32 Å². The molecular formula is C24H31NO6. The maximum atomic E-state index is 12.3. The molecule has 31 heavy (non-hydrogen) atoms. The molecule has 7 heteroatoms. The van der Waals surface area contributed by atoms with Crippen molar-refractivity contribution in [2.24, 2.45) is 0 Å². The maximum Gasteiger partial charge on any atom is 0.408 e. The van der Waals surface area contributed by atoms with Crippen LogP contribution in [0.4, 0.5) is 4.79 Å². The number of nitrogens with one attached hydrogen (secondary N) is 1. The second-order valence-electron chi connectivity index (χ2n) is 8.27. The molecule has 0 spiro atoms. The summed E-state index contributed by atoms with van der Waals surface area (Å²) < 4.78 is 21.9. The fourth-order valence-electron chi connectivity index (χ4n) is 3.04. The van der Waals surface area contributed by atoms with Crippen LogP contribution in [0.15, 0.2) is 48.5 Å². The molecule has 1 N–H and O–H groups in total. The number of methoxy groups -OCH3 is 2. The Morgan fingerprint density at radius 2 is 1.71 bits per heavy atom. The summed E-state index contributed by atoms with van der Waals surface area (Å²) in [4.78, 5) is 24.4. The first kappa shape index (κ1) is 24.2. The van der Waals surface area contributed by atoms with Gasteiger partial charge in [-0.3, -0.25) is 0 Å². The van der Waals surface area contributed by atoms with Crippen LogP contribution in [0, 0.1) is 0 Å². The molecule has 0 saturated carbocycles. The van der Waals surface area contributed by atoms with Crippen LogP contribution in [-0.2, 0) is 27.3 Å². The van der Waals surface area contributed by atoms with Crippen molar-refractivity contribution in [3.63, 3.8) is 0 Å². The van der Waals surface area contributed by atoms with Gasteiger partial charge in [0.05, 0.1) is 13.7 Å². The summed E-state index contributed by atoms with van der Waals surface area (Å²) in [6, 6.07) is 15.2. The number of benzene rings is 2. The minimum Gasteiger partial charge on any atom is -0.493 e. The van der Waals surface area contributed by atoms with Crippen molar-refractivity contribution < 1.29 is 28.5 Å². The molecular weight excluding hydrogens is 398 g/mol. The highest BCUT2D eigenvalue weighted by Crippen LogP contribution is 2.30. The van der Waals surface area contributed by atoms with Gasteiger partial charge in [0.1, 0.15) is 24.0 Å². The lowest BCUT2D eigenvalue weighted by Crippen LogP contribution is -2.55. The summed E-state index contributed by atoms with van der Waals surface area (Å²) in [7, 11) is 3.03. The van der Waals surface area contributed by atoms with Crippen molar-refractivity contribution in [3.8, 4) is 11.5 Å². The molecule has 2 aromatic carbocycles. The fourth-order valence-corrected chi connectivity index (χ4v) is 3.04. The summed E-state index contributed by atoms with van der Waals surface area (Å²) in [5.74, 6) is 1.11. The topological polar surface area (TPSA) is 83.1 Å². The number of ether oxygens (including phenoxy) is 4. The third-order valence-corrected chi connectivity index (χ3v) is 4.36. The van der Waals surface area contributed by atoms with Crippen molar-refractivity contribution in [2.45, 2.75) is 44.9 Å². The van der Waals surface area contributed by atoms with Crippen molar-refractivity contribution in [2.75, 3.05) is 20.8 Å². The molecule has 0 aliphatic heterocycles. The second-order valence-corrected chi connectivity index (χ2v) is 8.27. The zero-order valence-electron chi connectivity index (χ0n) is 18.8. The average Bonchev–Trinajstić information content (AvgIpc) is 2.71. The van der Waals surface area contributed by atoms with Gasteiger partial charge in [-0.2, -0.15) is 0 Å². The number of rotatable bonds is 10. The zero-order valence-corrected chi connectivity index (χ0v) is 18.8. The molecule has 0 bridgehead atoms. The standard InChI is InChI=1S/C24H31NO6/c1-23(2,3)31-22(27)25-24(16-26,17-28-4)14-19-11-12-20(29-5)21(13-19)30-15-18-9-7-6-8-10-18/h6-13,16H,14-15,17H2,1-5H3,(H,25,27). The van der Waals surface area contributed by atoms with E-state index in [1.165, 1.54) is 7.11 Å². The first-order chi connectivity index (χ1) is 14.7. The molecule has 1 unspecified atom stereocenters. The molecule has 0 radical (unpaired) electrons. The summed E-state index contributed by atoms with van der Waals surface area (Å²) in [6.45, 7) is 5.62. The van der Waals surface area contributed by atoms with Gasteiger partial charge < -0.3 is 29.1 Å². The molecule has 0 aliphatic rings. The summed E-state index contributed by atoms with van der Waals surface area (Å²) in [5.41, 5.74) is -0.195. The normalized spacial score (nSPS) is 13.1. The lowest BCUT2D eigenvalue weighted by molar-refractivity contribution is -0.115. The van der Waals surface area contributed by atoms with E-state index in [-0.39, 0.29) is 13.0 Å². The van der Waals surface area contributed by atoms with Crippen molar-refractivity contribution in [3.05, 3.63) is 59.7 Å². The smallest absolute Gasteiger partial charge is 0.408 e. The van der Waals surface area contributed by atoms with E-state index >= 15 is 0 Å². The number of hydrogen-bond donors (Lipinski definition) is 1. The number of amides is 1. The van der Waals surface area contributed by atoms with Gasteiger partial charge in [0.25, 0.3) is 0 Å². The van der Waals surface area contributed by atoms with Gasteiger partial charge in [0, 0.05) is 13.5 Å². The average molecular weight is 430 g/mol. The minimum absolute atomic E-state index is 0.0119. The molecule has 1 amide bonds. The Labute approximate surface area is 183 Å². The van der Waals surface area contributed by atoms with Crippen LogP contribution in [-0.4, -0.2) is 44.3 Å². The third kappa shape index (κ3) is 7.61. The molecule has 0 aliphatic carbocycles. The summed E-state index contributed by atoms with van der Waals surface area (Å²) in [5, 5.41) is 2.67. The van der Waals surface area contributed by atoms with Gasteiger partial charge in [-0.05, 0) is 44.0 Å². The molecule has 0 fully saturated rings. The van der Waals surface area contributed by atoms with E-state index in [0.29, 0.717) is 24.4 Å². The Hall–Kier alpha value is -3.06. The number of alkyl carbamates (subject to hydrolysis) is 1. The summed E-state index contributed by atoms with van der Waals surface area (Å²) in [6.07, 6.45) is 0.176. The highest BCUT2D eigenvalue weighted by molar-refractivity contribution is 5.77. The highest BCUT2D eigenvalue weighted by Gasteiger charge is 2.34. The van der Waals surface area contributed by atoms with E-state index in [9.17, 15) is 9.59 Å². The van der Waals surface area contributed by atoms with Gasteiger partial charge >= 0.3 is 6.09 Å². The highest BCUT2D eigenvalue weighted by atomic mass is 16.6. The largest absolute Gasteiger partial charge is 0.493 e. The molecule has 2 rings (SSSR count). The third-order valence-electron chi connectivity index (χ3n) is 4.36. The molecule has 0 aromatic heterocycles. The van der Waals surface area contributed by atoms with Crippen LogP contribution >= 0.6 is 0 Å². The molecule has 1 atom stereocenters. The maximum absolute atomic E-state index is 12.3. The van der Waals surface area contributed by atoms with Gasteiger partial charge in [-0.1, -0.05) is 36.4 Å². The quantitative estimate of drug-likeness (QED) is 0.577. The first-order valence-electron chi connectivity index (χ1n) is 10.0. The van der Waals surface area contributed by atoms with Gasteiger partial charge in [0.15, 0.2) is 11.5 Å². The molecule has 7 nitrogen and oxygen atoms in total. The number of hydrogen-bond acceptors (Lipinski definition) is 6. The van der Waals surface area contributed by atoms with Gasteiger partial charge in [-0.15, -0.1) is 0 Å². The van der Waals surface area contributed by atoms with E-state index in [2.05, 4.69) is 5.32 Å². The molecule has 0 saturated heterocycles. The van der Waals surface area contributed by atoms with Gasteiger partial charge in [-0.25, -0.2) is 4.79 Å². The van der Waals surface area contributed by atoms with E-state index in [1.54, 1.807) is 40.0 Å². The monoisotopic (exact) mass is 429 g/mol. The molecule has 168 valence electrons. The van der Waals surface area contributed by atoms with Crippen LogP contribution < -0.4 is 14.8 Å².